The van der Waals surface area contributed by atoms with Gasteiger partial charge in [0.15, 0.2) is 0 Å². The molecule has 150 valence electrons. The van der Waals surface area contributed by atoms with E-state index in [0.29, 0.717) is 31.5 Å². The highest BCUT2D eigenvalue weighted by Gasteiger charge is 2.59. The number of hydrogen-bond donors (Lipinski definition) is 1. The standard InChI is InChI=1S/C21H27FN4O2/c1-24(2)21(28)26-10-13-9-25(20(27)18-15-7-23-8-16(15)18)11-17(13)19(26)12-4-3-5-14(22)6-12/h3-6,13,15-19,23H,7-11H2,1-2H3/t13-,15-,16+,17-,18?,19-/m1/s1. The molecule has 0 bridgehead atoms. The Kier molecular flexibility index (Phi) is 4.12. The molecule has 6 nitrogen and oxygen atoms in total. The highest BCUT2D eigenvalue weighted by atomic mass is 19.1. The van der Waals surface area contributed by atoms with E-state index >= 15 is 0 Å². The molecule has 0 aromatic heterocycles. The number of likely N-dealkylation sites (tertiary alicyclic amines) is 2. The third-order valence-electron chi connectivity index (χ3n) is 7.17. The molecule has 3 saturated heterocycles. The molecule has 0 spiro atoms. The van der Waals surface area contributed by atoms with E-state index in [1.54, 1.807) is 25.1 Å². The maximum absolute atomic E-state index is 13.9. The second-order valence-corrected chi connectivity index (χ2v) is 9.01. The molecule has 0 radical (unpaired) electrons. The first-order valence-electron chi connectivity index (χ1n) is 10.2. The smallest absolute Gasteiger partial charge is 0.320 e. The molecule has 5 rings (SSSR count). The summed E-state index contributed by atoms with van der Waals surface area (Å²) in [5, 5.41) is 3.34. The van der Waals surface area contributed by atoms with Gasteiger partial charge in [-0.25, -0.2) is 9.18 Å². The number of urea groups is 1. The van der Waals surface area contributed by atoms with Crippen molar-refractivity contribution < 1.29 is 14.0 Å². The van der Waals surface area contributed by atoms with Crippen LogP contribution in [0.4, 0.5) is 9.18 Å². The zero-order valence-electron chi connectivity index (χ0n) is 16.3. The lowest BCUT2D eigenvalue weighted by Crippen LogP contribution is -2.42. The van der Waals surface area contributed by atoms with Crippen molar-refractivity contribution >= 4 is 11.9 Å². The number of benzene rings is 1. The molecule has 6 atom stereocenters. The van der Waals surface area contributed by atoms with Crippen LogP contribution in [0.25, 0.3) is 0 Å². The van der Waals surface area contributed by atoms with Crippen LogP contribution in [0.2, 0.25) is 0 Å². The number of piperidine rings is 1. The summed E-state index contributed by atoms with van der Waals surface area (Å²) >= 11 is 0. The third kappa shape index (κ3) is 2.70. The first-order chi connectivity index (χ1) is 13.5. The Labute approximate surface area is 164 Å². The molecule has 1 unspecified atom stereocenters. The topological polar surface area (TPSA) is 55.9 Å². The van der Waals surface area contributed by atoms with Crippen molar-refractivity contribution in [2.75, 3.05) is 46.8 Å². The molecule has 1 aromatic rings. The molecular weight excluding hydrogens is 359 g/mol. The second-order valence-electron chi connectivity index (χ2n) is 9.01. The highest BCUT2D eigenvalue weighted by Crippen LogP contribution is 2.52. The Hall–Kier alpha value is -2.15. The zero-order valence-corrected chi connectivity index (χ0v) is 16.3. The van der Waals surface area contributed by atoms with Crippen LogP contribution in [0, 0.1) is 35.4 Å². The third-order valence-corrected chi connectivity index (χ3v) is 7.17. The van der Waals surface area contributed by atoms with Gasteiger partial charge < -0.3 is 20.0 Å². The van der Waals surface area contributed by atoms with Gasteiger partial charge in [0.25, 0.3) is 0 Å². The molecule has 1 N–H and O–H groups in total. The summed E-state index contributed by atoms with van der Waals surface area (Å²) in [6.07, 6.45) is 0. The summed E-state index contributed by atoms with van der Waals surface area (Å²) in [4.78, 5) is 31.3. The molecular formula is C21H27FN4O2. The minimum atomic E-state index is -0.289. The number of carbonyl (C=O) groups is 2. The van der Waals surface area contributed by atoms with Crippen molar-refractivity contribution in [2.45, 2.75) is 6.04 Å². The molecule has 4 fully saturated rings. The Bertz CT molecular complexity index is 805. The largest absolute Gasteiger partial charge is 0.342 e. The molecule has 4 aliphatic rings. The van der Waals surface area contributed by atoms with Gasteiger partial charge in [0, 0.05) is 51.5 Å². The maximum atomic E-state index is 13.9. The minimum absolute atomic E-state index is 0.0515. The lowest BCUT2D eigenvalue weighted by molar-refractivity contribution is -0.132. The van der Waals surface area contributed by atoms with Crippen molar-refractivity contribution in [3.8, 4) is 0 Å². The lowest BCUT2D eigenvalue weighted by Gasteiger charge is -2.32. The minimum Gasteiger partial charge on any atom is -0.342 e. The van der Waals surface area contributed by atoms with Crippen LogP contribution in [0.15, 0.2) is 24.3 Å². The average Bonchev–Trinajstić information content (AvgIpc) is 3.04. The van der Waals surface area contributed by atoms with Gasteiger partial charge in [-0.1, -0.05) is 12.1 Å². The molecule has 3 heterocycles. The summed E-state index contributed by atoms with van der Waals surface area (Å²) < 4.78 is 13.9. The van der Waals surface area contributed by atoms with E-state index in [1.807, 2.05) is 15.9 Å². The van der Waals surface area contributed by atoms with Gasteiger partial charge in [0.05, 0.1) is 6.04 Å². The van der Waals surface area contributed by atoms with Gasteiger partial charge in [0.1, 0.15) is 5.82 Å². The number of rotatable bonds is 2. The van der Waals surface area contributed by atoms with E-state index < -0.39 is 0 Å². The number of hydrogen-bond acceptors (Lipinski definition) is 3. The lowest BCUT2D eigenvalue weighted by atomic mass is 9.89. The van der Waals surface area contributed by atoms with Gasteiger partial charge in [-0.15, -0.1) is 0 Å². The fourth-order valence-electron chi connectivity index (χ4n) is 5.79. The Morgan fingerprint density at radius 2 is 1.86 bits per heavy atom. The van der Waals surface area contributed by atoms with Crippen LogP contribution in [0.3, 0.4) is 0 Å². The number of halogens is 1. The van der Waals surface area contributed by atoms with Crippen LogP contribution < -0.4 is 5.32 Å². The number of fused-ring (bicyclic) bond motifs is 2. The predicted molar refractivity (Wildman–Crippen MR) is 102 cm³/mol. The van der Waals surface area contributed by atoms with Gasteiger partial charge in [-0.2, -0.15) is 0 Å². The van der Waals surface area contributed by atoms with E-state index in [1.165, 1.54) is 12.1 Å². The molecule has 7 heteroatoms. The monoisotopic (exact) mass is 386 g/mol. The Morgan fingerprint density at radius 3 is 2.54 bits per heavy atom. The van der Waals surface area contributed by atoms with E-state index in [-0.39, 0.29) is 41.6 Å². The fourth-order valence-corrected chi connectivity index (χ4v) is 5.79. The van der Waals surface area contributed by atoms with E-state index in [4.69, 9.17) is 0 Å². The predicted octanol–water partition coefficient (Wildman–Crippen LogP) is 1.40. The van der Waals surface area contributed by atoms with Gasteiger partial charge in [0.2, 0.25) is 5.91 Å². The van der Waals surface area contributed by atoms with Crippen LogP contribution in [0.5, 0.6) is 0 Å². The van der Waals surface area contributed by atoms with Gasteiger partial charge in [-0.05, 0) is 42.6 Å². The molecule has 3 amide bonds. The van der Waals surface area contributed by atoms with Crippen molar-refractivity contribution in [3.63, 3.8) is 0 Å². The van der Waals surface area contributed by atoms with Crippen molar-refractivity contribution in [1.82, 2.24) is 20.0 Å². The zero-order chi connectivity index (χ0) is 19.6. The second kappa shape index (κ2) is 6.44. The molecule has 1 aromatic carbocycles. The number of amides is 3. The molecule has 1 saturated carbocycles. The van der Waals surface area contributed by atoms with Crippen molar-refractivity contribution in [3.05, 3.63) is 35.6 Å². The quantitative estimate of drug-likeness (QED) is 0.836. The number of nitrogens with one attached hydrogen (secondary N) is 1. The molecule has 1 aliphatic carbocycles. The maximum Gasteiger partial charge on any atom is 0.320 e. The van der Waals surface area contributed by atoms with Crippen LogP contribution in [0.1, 0.15) is 11.6 Å². The van der Waals surface area contributed by atoms with E-state index in [0.717, 1.165) is 18.7 Å². The summed E-state index contributed by atoms with van der Waals surface area (Å²) in [7, 11) is 3.49. The summed E-state index contributed by atoms with van der Waals surface area (Å²) in [5.41, 5.74) is 0.824. The summed E-state index contributed by atoms with van der Waals surface area (Å²) in [6.45, 7) is 3.89. The SMILES string of the molecule is CN(C)C(=O)N1C[C@H]2CN(C(=O)C3[C@H]4CNC[C@@H]34)C[C@H]2[C@H]1c1cccc(F)c1. The van der Waals surface area contributed by atoms with Gasteiger partial charge in [-0.3, -0.25) is 4.79 Å². The Morgan fingerprint density at radius 1 is 1.11 bits per heavy atom. The van der Waals surface area contributed by atoms with Crippen LogP contribution in [-0.4, -0.2) is 73.5 Å². The average molecular weight is 386 g/mol. The van der Waals surface area contributed by atoms with E-state index in [2.05, 4.69) is 5.32 Å². The summed E-state index contributed by atoms with van der Waals surface area (Å²) in [5.74, 6) is 1.62. The fraction of sp³-hybridized carbons (Fsp3) is 0.619. The van der Waals surface area contributed by atoms with Crippen LogP contribution >= 0.6 is 0 Å². The molecule has 28 heavy (non-hydrogen) atoms. The highest BCUT2D eigenvalue weighted by molar-refractivity contribution is 5.83. The first-order valence-corrected chi connectivity index (χ1v) is 10.2. The van der Waals surface area contributed by atoms with Crippen molar-refractivity contribution in [1.29, 1.82) is 0 Å². The van der Waals surface area contributed by atoms with Crippen LogP contribution in [-0.2, 0) is 4.79 Å². The number of nitrogens with zero attached hydrogens (tertiary/aromatic N) is 3. The normalized spacial score (nSPS) is 35.7. The van der Waals surface area contributed by atoms with E-state index in [9.17, 15) is 14.0 Å². The van der Waals surface area contributed by atoms with Gasteiger partial charge >= 0.3 is 6.03 Å². The Balaban J connectivity index is 1.38. The summed E-state index contributed by atoms with van der Waals surface area (Å²) in [6, 6.07) is 6.32. The first kappa shape index (κ1) is 17.9. The number of carbonyl (C=O) groups excluding carboxylic acids is 2. The molecule has 3 aliphatic heterocycles. The van der Waals surface area contributed by atoms with Crippen molar-refractivity contribution in [2.24, 2.45) is 29.6 Å².